The second-order valence-corrected chi connectivity index (χ2v) is 6.26. The van der Waals surface area contributed by atoms with Crippen LogP contribution in [0.1, 0.15) is 33.1 Å². The van der Waals surface area contributed by atoms with Gasteiger partial charge in [0.2, 0.25) is 0 Å². The summed E-state index contributed by atoms with van der Waals surface area (Å²) in [6.45, 7) is 3.65. The van der Waals surface area contributed by atoms with Crippen LogP contribution >= 0.6 is 11.8 Å². The summed E-state index contributed by atoms with van der Waals surface area (Å²) in [5, 5.41) is 8.97. The van der Waals surface area contributed by atoms with Gasteiger partial charge in [0.15, 0.2) is 0 Å². The molecule has 1 N–H and O–H groups in total. The highest BCUT2D eigenvalue weighted by atomic mass is 32.2. The predicted molar refractivity (Wildman–Crippen MR) is 67.0 cm³/mol. The first-order valence-electron chi connectivity index (χ1n) is 5.81. The molecular weight excluding hydrogens is 240 g/mol. The summed E-state index contributed by atoms with van der Waals surface area (Å²) >= 11 is 1.65. The molecule has 0 bridgehead atoms. The number of hydrogen-bond donors (Lipinski definition) is 1. The zero-order chi connectivity index (χ0) is 13.1. The van der Waals surface area contributed by atoms with Crippen LogP contribution in [-0.4, -0.2) is 35.2 Å². The van der Waals surface area contributed by atoms with Crippen LogP contribution in [0.5, 0.6) is 0 Å². The number of aliphatic carboxylic acids is 1. The lowest BCUT2D eigenvalue weighted by atomic mass is 10.1. The van der Waals surface area contributed by atoms with Crippen molar-refractivity contribution in [3.63, 3.8) is 0 Å². The van der Waals surface area contributed by atoms with Crippen LogP contribution in [-0.2, 0) is 14.3 Å². The van der Waals surface area contributed by atoms with E-state index in [1.54, 1.807) is 18.7 Å². The number of carbonyl (C=O) groups is 2. The monoisotopic (exact) mass is 260 g/mol. The second-order valence-electron chi connectivity index (χ2n) is 4.90. The largest absolute Gasteiger partial charge is 0.481 e. The van der Waals surface area contributed by atoms with Gasteiger partial charge in [-0.15, -0.1) is 0 Å². The SMILES string of the molecule is COC(=O)CC1(CSC(C)C(C)C(=O)O)CC1. The third-order valence-electron chi connectivity index (χ3n) is 3.45. The van der Waals surface area contributed by atoms with E-state index in [-0.39, 0.29) is 22.6 Å². The molecule has 1 saturated carbocycles. The quantitative estimate of drug-likeness (QED) is 0.711. The fourth-order valence-electron chi connectivity index (χ4n) is 1.58. The topological polar surface area (TPSA) is 63.6 Å². The summed E-state index contributed by atoms with van der Waals surface area (Å²) in [6.07, 6.45) is 2.55. The van der Waals surface area contributed by atoms with Crippen LogP contribution in [0.3, 0.4) is 0 Å². The first-order chi connectivity index (χ1) is 7.90. The summed E-state index contributed by atoms with van der Waals surface area (Å²) < 4.78 is 4.68. The molecule has 17 heavy (non-hydrogen) atoms. The highest BCUT2D eigenvalue weighted by molar-refractivity contribution is 7.99. The zero-order valence-corrected chi connectivity index (χ0v) is 11.4. The molecule has 0 amide bonds. The molecule has 4 nitrogen and oxygen atoms in total. The van der Waals surface area contributed by atoms with Gasteiger partial charge in [-0.3, -0.25) is 9.59 Å². The normalized spacial score (nSPS) is 20.4. The molecule has 0 saturated heterocycles. The van der Waals surface area contributed by atoms with E-state index < -0.39 is 5.97 Å². The smallest absolute Gasteiger partial charge is 0.307 e. The van der Waals surface area contributed by atoms with E-state index in [2.05, 4.69) is 4.74 Å². The van der Waals surface area contributed by atoms with Crippen molar-refractivity contribution < 1.29 is 19.4 Å². The predicted octanol–water partition coefficient (Wildman–Crippen LogP) is 2.17. The molecule has 1 fully saturated rings. The van der Waals surface area contributed by atoms with Gasteiger partial charge in [-0.05, 0) is 24.0 Å². The molecule has 0 radical (unpaired) electrons. The average molecular weight is 260 g/mol. The molecule has 0 aromatic heterocycles. The number of thioether (sulfide) groups is 1. The summed E-state index contributed by atoms with van der Waals surface area (Å²) in [5.41, 5.74) is 0.0737. The van der Waals surface area contributed by atoms with Crippen molar-refractivity contribution >= 4 is 23.7 Å². The molecule has 1 aliphatic carbocycles. The molecule has 98 valence electrons. The van der Waals surface area contributed by atoms with Crippen molar-refractivity contribution in [3.05, 3.63) is 0 Å². The van der Waals surface area contributed by atoms with Crippen LogP contribution in [0.4, 0.5) is 0 Å². The van der Waals surface area contributed by atoms with Gasteiger partial charge in [0.25, 0.3) is 0 Å². The molecule has 0 aliphatic heterocycles. The minimum Gasteiger partial charge on any atom is -0.481 e. The Labute approximate surface area is 106 Å². The Morgan fingerprint density at radius 3 is 2.41 bits per heavy atom. The number of methoxy groups -OCH3 is 1. The molecule has 1 rings (SSSR count). The van der Waals surface area contributed by atoms with E-state index in [1.165, 1.54) is 7.11 Å². The lowest BCUT2D eigenvalue weighted by Crippen LogP contribution is -2.22. The highest BCUT2D eigenvalue weighted by Crippen LogP contribution is 2.52. The second kappa shape index (κ2) is 5.76. The van der Waals surface area contributed by atoms with E-state index >= 15 is 0 Å². The van der Waals surface area contributed by atoms with Crippen LogP contribution < -0.4 is 0 Å². The van der Waals surface area contributed by atoms with E-state index in [9.17, 15) is 9.59 Å². The Morgan fingerprint density at radius 1 is 1.41 bits per heavy atom. The number of esters is 1. The fourth-order valence-corrected chi connectivity index (χ4v) is 2.99. The number of carboxylic acid groups (broad SMARTS) is 1. The minimum atomic E-state index is -0.761. The van der Waals surface area contributed by atoms with Crippen LogP contribution in [0.15, 0.2) is 0 Å². The zero-order valence-electron chi connectivity index (χ0n) is 10.6. The Hall–Kier alpha value is -0.710. The van der Waals surface area contributed by atoms with E-state index in [1.807, 2.05) is 6.92 Å². The number of carboxylic acids is 1. The van der Waals surface area contributed by atoms with Gasteiger partial charge in [0, 0.05) is 5.25 Å². The van der Waals surface area contributed by atoms with Gasteiger partial charge < -0.3 is 9.84 Å². The molecule has 0 aromatic carbocycles. The molecule has 5 heteroatoms. The Bertz CT molecular complexity index is 299. The lowest BCUT2D eigenvalue weighted by Gasteiger charge is -2.19. The van der Waals surface area contributed by atoms with Gasteiger partial charge in [-0.25, -0.2) is 0 Å². The summed E-state index contributed by atoms with van der Waals surface area (Å²) in [7, 11) is 1.40. The molecule has 0 spiro atoms. The van der Waals surface area contributed by atoms with Crippen molar-refractivity contribution in [2.75, 3.05) is 12.9 Å². The average Bonchev–Trinajstić information content (AvgIpc) is 3.05. The van der Waals surface area contributed by atoms with Crippen molar-refractivity contribution in [3.8, 4) is 0 Å². The first kappa shape index (κ1) is 14.4. The van der Waals surface area contributed by atoms with Crippen LogP contribution in [0.2, 0.25) is 0 Å². The maximum absolute atomic E-state index is 11.2. The molecular formula is C12H20O4S. The lowest BCUT2D eigenvalue weighted by molar-refractivity contribution is -0.142. The fraction of sp³-hybridized carbons (Fsp3) is 0.833. The molecule has 0 heterocycles. The molecule has 2 unspecified atom stereocenters. The van der Waals surface area contributed by atoms with Gasteiger partial charge in [0.05, 0.1) is 19.4 Å². The van der Waals surface area contributed by atoms with E-state index in [4.69, 9.17) is 5.11 Å². The summed E-state index contributed by atoms with van der Waals surface area (Å²) in [5.74, 6) is -0.431. The van der Waals surface area contributed by atoms with Gasteiger partial charge >= 0.3 is 11.9 Å². The van der Waals surface area contributed by atoms with Crippen LogP contribution in [0.25, 0.3) is 0 Å². The Kier molecular flexibility index (Phi) is 4.86. The van der Waals surface area contributed by atoms with Crippen molar-refractivity contribution in [1.29, 1.82) is 0 Å². The molecule has 2 atom stereocenters. The first-order valence-corrected chi connectivity index (χ1v) is 6.86. The highest BCUT2D eigenvalue weighted by Gasteiger charge is 2.45. The van der Waals surface area contributed by atoms with E-state index in [0.29, 0.717) is 6.42 Å². The molecule has 0 aromatic rings. The van der Waals surface area contributed by atoms with Crippen LogP contribution in [0, 0.1) is 11.3 Å². The van der Waals surface area contributed by atoms with E-state index in [0.717, 1.165) is 18.6 Å². The van der Waals surface area contributed by atoms with Gasteiger partial charge in [0.1, 0.15) is 0 Å². The third kappa shape index (κ3) is 4.22. The number of rotatable bonds is 7. The third-order valence-corrected chi connectivity index (χ3v) is 5.16. The van der Waals surface area contributed by atoms with Crippen molar-refractivity contribution in [2.45, 2.75) is 38.4 Å². The number of ether oxygens (including phenoxy) is 1. The maximum Gasteiger partial charge on any atom is 0.307 e. The number of carbonyl (C=O) groups excluding carboxylic acids is 1. The van der Waals surface area contributed by atoms with Crippen molar-refractivity contribution in [1.82, 2.24) is 0 Å². The number of hydrogen-bond acceptors (Lipinski definition) is 4. The standard InChI is InChI=1S/C12H20O4S/c1-8(11(14)15)9(2)17-7-12(4-5-12)6-10(13)16-3/h8-9H,4-7H2,1-3H3,(H,14,15). The maximum atomic E-state index is 11.2. The molecule has 1 aliphatic rings. The summed E-state index contributed by atoms with van der Waals surface area (Å²) in [4.78, 5) is 22.0. The summed E-state index contributed by atoms with van der Waals surface area (Å²) in [6, 6.07) is 0. The van der Waals surface area contributed by atoms with Crippen molar-refractivity contribution in [2.24, 2.45) is 11.3 Å². The Balaban J connectivity index is 2.35. The minimum absolute atomic E-state index is 0.0719. The van der Waals surface area contributed by atoms with Gasteiger partial charge in [-0.2, -0.15) is 11.8 Å². The van der Waals surface area contributed by atoms with Gasteiger partial charge in [-0.1, -0.05) is 13.8 Å². The Morgan fingerprint density at radius 2 is 2.00 bits per heavy atom.